The van der Waals surface area contributed by atoms with Gasteiger partial charge in [0.05, 0.1) is 23.7 Å². The number of aliphatic hydroxyl groups is 1. The number of hydrogen-bond donors (Lipinski definition) is 2. The third-order valence-electron chi connectivity index (χ3n) is 2.77. The summed E-state index contributed by atoms with van der Waals surface area (Å²) in [5.41, 5.74) is 0.632. The van der Waals surface area contributed by atoms with Crippen molar-refractivity contribution in [3.63, 3.8) is 0 Å². The molecule has 1 aromatic rings. The number of nitrogens with one attached hydrogen (secondary N) is 1. The third kappa shape index (κ3) is 7.25. The Labute approximate surface area is 129 Å². The molecular formula is C15H22N2O3S. The van der Waals surface area contributed by atoms with Gasteiger partial charge in [0.15, 0.2) is 0 Å². The lowest BCUT2D eigenvalue weighted by atomic mass is 10.3. The minimum atomic E-state index is -0.0819. The molecule has 0 bridgehead atoms. The first-order valence-corrected chi connectivity index (χ1v) is 7.69. The zero-order valence-electron chi connectivity index (χ0n) is 12.5. The Morgan fingerprint density at radius 1 is 1.52 bits per heavy atom. The van der Waals surface area contributed by atoms with E-state index in [0.29, 0.717) is 25.1 Å². The fourth-order valence-electron chi connectivity index (χ4n) is 1.55. The number of nitrogens with zero attached hydrogens (tertiary/aromatic N) is 1. The monoisotopic (exact) mass is 310 g/mol. The molecule has 6 heteroatoms. The van der Waals surface area contributed by atoms with Crippen LogP contribution < -0.4 is 5.32 Å². The highest BCUT2D eigenvalue weighted by Crippen LogP contribution is 2.13. The summed E-state index contributed by atoms with van der Waals surface area (Å²) in [5, 5.41) is 13.3. The predicted molar refractivity (Wildman–Crippen MR) is 84.6 cm³/mol. The first-order chi connectivity index (χ1) is 10.2. The number of carbonyl (C=O) groups is 1. The Balaban J connectivity index is 2.34. The van der Waals surface area contributed by atoms with Crippen molar-refractivity contribution in [1.82, 2.24) is 10.2 Å². The number of hydrogen-bond acceptors (Lipinski definition) is 5. The average Bonchev–Trinajstić information content (AvgIpc) is 2.94. The fraction of sp³-hybridized carbons (Fsp3) is 0.533. The van der Waals surface area contributed by atoms with E-state index in [1.807, 2.05) is 7.05 Å². The molecule has 0 aliphatic heterocycles. The molecule has 0 aliphatic rings. The predicted octanol–water partition coefficient (Wildman–Crippen LogP) is 0.790. The van der Waals surface area contributed by atoms with Crippen LogP contribution in [0.1, 0.15) is 21.7 Å². The second-order valence-corrected chi connectivity index (χ2v) is 5.44. The van der Waals surface area contributed by atoms with Crippen LogP contribution in [-0.4, -0.2) is 62.9 Å². The van der Waals surface area contributed by atoms with Crippen LogP contribution in [0, 0.1) is 11.8 Å². The number of methoxy groups -OCH3 is 1. The van der Waals surface area contributed by atoms with E-state index >= 15 is 0 Å². The molecule has 0 aromatic carbocycles. The van der Waals surface area contributed by atoms with Gasteiger partial charge in [0.25, 0.3) is 5.91 Å². The first kappa shape index (κ1) is 17.7. The molecule has 1 aromatic heterocycles. The zero-order chi connectivity index (χ0) is 15.5. The van der Waals surface area contributed by atoms with Gasteiger partial charge in [-0.05, 0) is 13.1 Å². The van der Waals surface area contributed by atoms with E-state index < -0.39 is 0 Å². The highest BCUT2D eigenvalue weighted by Gasteiger charge is 2.07. The van der Waals surface area contributed by atoms with Crippen molar-refractivity contribution in [3.05, 3.63) is 21.9 Å². The summed E-state index contributed by atoms with van der Waals surface area (Å²) >= 11 is 1.44. The van der Waals surface area contributed by atoms with E-state index in [1.54, 1.807) is 18.6 Å². The van der Waals surface area contributed by atoms with Crippen molar-refractivity contribution in [2.45, 2.75) is 6.42 Å². The topological polar surface area (TPSA) is 61.8 Å². The van der Waals surface area contributed by atoms with Crippen molar-refractivity contribution in [2.75, 3.05) is 47.0 Å². The van der Waals surface area contributed by atoms with Crippen LogP contribution in [0.4, 0.5) is 0 Å². The largest absolute Gasteiger partial charge is 0.395 e. The average molecular weight is 310 g/mol. The van der Waals surface area contributed by atoms with Crippen molar-refractivity contribution in [1.29, 1.82) is 0 Å². The van der Waals surface area contributed by atoms with Crippen LogP contribution in [0.15, 0.2) is 11.4 Å². The summed E-state index contributed by atoms with van der Waals surface area (Å²) in [6.45, 7) is 2.96. The van der Waals surface area contributed by atoms with Crippen LogP contribution in [0.2, 0.25) is 0 Å². The lowest BCUT2D eigenvalue weighted by Gasteiger charge is -2.15. The SMILES string of the molecule is COCCN(C)CCNC(=O)c1csc(C#CCCO)c1. The molecule has 116 valence electrons. The van der Waals surface area contributed by atoms with Gasteiger partial charge in [-0.1, -0.05) is 11.8 Å². The molecule has 0 radical (unpaired) electrons. The maximum absolute atomic E-state index is 11.9. The number of amides is 1. The summed E-state index contributed by atoms with van der Waals surface area (Å²) in [6, 6.07) is 1.78. The number of likely N-dealkylation sites (N-methyl/N-ethyl adjacent to an activating group) is 1. The van der Waals surface area contributed by atoms with Crippen molar-refractivity contribution >= 4 is 17.2 Å². The number of thiophene rings is 1. The van der Waals surface area contributed by atoms with E-state index in [4.69, 9.17) is 9.84 Å². The third-order valence-corrected chi connectivity index (χ3v) is 3.61. The Bertz CT molecular complexity index is 491. The van der Waals surface area contributed by atoms with Crippen molar-refractivity contribution in [3.8, 4) is 11.8 Å². The van der Waals surface area contributed by atoms with E-state index in [9.17, 15) is 4.79 Å². The van der Waals surface area contributed by atoms with Gasteiger partial charge in [-0.3, -0.25) is 4.79 Å². The second-order valence-electron chi connectivity index (χ2n) is 4.53. The summed E-state index contributed by atoms with van der Waals surface area (Å²) < 4.78 is 5.00. The minimum absolute atomic E-state index is 0.0578. The van der Waals surface area contributed by atoms with Gasteiger partial charge in [0.1, 0.15) is 0 Å². The summed E-state index contributed by atoms with van der Waals surface area (Å²) in [6.07, 6.45) is 0.452. The molecule has 0 spiro atoms. The van der Waals surface area contributed by atoms with E-state index in [-0.39, 0.29) is 12.5 Å². The van der Waals surface area contributed by atoms with Gasteiger partial charge in [-0.15, -0.1) is 11.3 Å². The van der Waals surface area contributed by atoms with Crippen LogP contribution in [0.5, 0.6) is 0 Å². The quantitative estimate of drug-likeness (QED) is 0.697. The molecule has 0 fully saturated rings. The van der Waals surface area contributed by atoms with Crippen molar-refractivity contribution < 1.29 is 14.6 Å². The Morgan fingerprint density at radius 2 is 2.33 bits per heavy atom. The molecule has 0 saturated heterocycles. The first-order valence-electron chi connectivity index (χ1n) is 6.81. The Morgan fingerprint density at radius 3 is 3.05 bits per heavy atom. The number of ether oxygens (including phenoxy) is 1. The standard InChI is InChI=1S/C15H22N2O3S/c1-17(8-10-20-2)7-6-16-15(19)13-11-14(21-12-13)5-3-4-9-18/h11-12,18H,4,6-10H2,1-2H3,(H,16,19). The van der Waals surface area contributed by atoms with Gasteiger partial charge < -0.3 is 20.1 Å². The molecule has 0 saturated carbocycles. The van der Waals surface area contributed by atoms with Gasteiger partial charge in [-0.25, -0.2) is 0 Å². The fourth-order valence-corrected chi connectivity index (χ4v) is 2.30. The van der Waals surface area contributed by atoms with Gasteiger partial charge in [-0.2, -0.15) is 0 Å². The van der Waals surface area contributed by atoms with Crippen LogP contribution >= 0.6 is 11.3 Å². The Kier molecular flexibility index (Phi) is 8.71. The lowest BCUT2D eigenvalue weighted by molar-refractivity contribution is 0.0948. The van der Waals surface area contributed by atoms with E-state index in [2.05, 4.69) is 22.1 Å². The molecule has 0 atom stereocenters. The highest BCUT2D eigenvalue weighted by molar-refractivity contribution is 7.10. The lowest BCUT2D eigenvalue weighted by Crippen LogP contribution is -2.34. The minimum Gasteiger partial charge on any atom is -0.395 e. The van der Waals surface area contributed by atoms with E-state index in [1.165, 1.54) is 11.3 Å². The smallest absolute Gasteiger partial charge is 0.252 e. The highest BCUT2D eigenvalue weighted by atomic mass is 32.1. The zero-order valence-corrected chi connectivity index (χ0v) is 13.3. The molecular weight excluding hydrogens is 288 g/mol. The van der Waals surface area contributed by atoms with Crippen molar-refractivity contribution in [2.24, 2.45) is 0 Å². The maximum atomic E-state index is 11.9. The van der Waals surface area contributed by atoms with Gasteiger partial charge >= 0.3 is 0 Å². The molecule has 21 heavy (non-hydrogen) atoms. The number of aliphatic hydroxyl groups excluding tert-OH is 1. The summed E-state index contributed by atoms with van der Waals surface area (Å²) in [7, 11) is 3.66. The van der Waals surface area contributed by atoms with Gasteiger partial charge in [0, 0.05) is 38.5 Å². The number of carbonyl (C=O) groups excluding carboxylic acids is 1. The maximum Gasteiger partial charge on any atom is 0.252 e. The van der Waals surface area contributed by atoms with E-state index in [0.717, 1.165) is 18.0 Å². The molecule has 1 rings (SSSR count). The number of rotatable bonds is 8. The molecule has 1 amide bonds. The normalized spacial score (nSPS) is 10.3. The molecule has 5 nitrogen and oxygen atoms in total. The summed E-state index contributed by atoms with van der Waals surface area (Å²) in [4.78, 5) is 14.9. The molecule has 0 aliphatic carbocycles. The van der Waals surface area contributed by atoms with Crippen LogP contribution in [0.25, 0.3) is 0 Å². The summed E-state index contributed by atoms with van der Waals surface area (Å²) in [5.74, 6) is 5.68. The molecule has 0 unspecified atom stereocenters. The van der Waals surface area contributed by atoms with Crippen LogP contribution in [0.3, 0.4) is 0 Å². The Hall–Kier alpha value is -1.39. The molecule has 1 heterocycles. The van der Waals surface area contributed by atoms with Gasteiger partial charge in [0.2, 0.25) is 0 Å². The second kappa shape index (κ2) is 10.4. The molecule has 2 N–H and O–H groups in total. The van der Waals surface area contributed by atoms with Crippen LogP contribution in [-0.2, 0) is 4.74 Å².